The van der Waals surface area contributed by atoms with Crippen LogP contribution in [0.15, 0.2) is 42.5 Å². The van der Waals surface area contributed by atoms with E-state index in [2.05, 4.69) is 20.4 Å². The van der Waals surface area contributed by atoms with E-state index in [1.807, 2.05) is 19.9 Å². The zero-order valence-electron chi connectivity index (χ0n) is 27.5. The third-order valence-electron chi connectivity index (χ3n) is 13.6. The van der Waals surface area contributed by atoms with Crippen LogP contribution in [-0.4, -0.2) is 80.7 Å². The highest BCUT2D eigenvalue weighted by Crippen LogP contribution is 2.75. The molecule has 3 N–H and O–H groups in total. The topological polar surface area (TPSA) is 127 Å². The summed E-state index contributed by atoms with van der Waals surface area (Å²) in [7, 11) is 0. The standard InChI is InChI=1S/C37H50O9/c1-20(2)33-18-22(4)37-26-29(33)44-35(45-33,46-37)17-13-8-6-7-10-14-21(3)25-23(5)28(38)36(41,27(25)37)32(40)34(30(26)43-34)19-42-31(39)24-15-11-9-12-16-24/h9,11-12,15-16,21-23,25-30,32,38,40-41H,1,6-8,10,13-14,17-19H2,2-5H3/t21-,22-,23+,25+,26-,27-,28+,29-,30+,32-,33-,34+,35?,36-,37-/m1/s1. The molecule has 1 unspecified atom stereocenters. The summed E-state index contributed by atoms with van der Waals surface area (Å²) in [5, 5.41) is 37.8. The first-order chi connectivity index (χ1) is 21.9. The van der Waals surface area contributed by atoms with Crippen molar-refractivity contribution in [3.05, 3.63) is 48.0 Å². The van der Waals surface area contributed by atoms with Crippen molar-refractivity contribution >= 4 is 5.97 Å². The summed E-state index contributed by atoms with van der Waals surface area (Å²) >= 11 is 0. The molecule has 0 radical (unpaired) electrons. The molecule has 4 saturated heterocycles. The quantitative estimate of drug-likeness (QED) is 0.248. The maximum atomic E-state index is 13.2. The molecule has 2 spiro atoms. The van der Waals surface area contributed by atoms with E-state index in [1.54, 1.807) is 24.3 Å². The molecule has 46 heavy (non-hydrogen) atoms. The van der Waals surface area contributed by atoms with E-state index >= 15 is 0 Å². The van der Waals surface area contributed by atoms with Gasteiger partial charge in [0.1, 0.15) is 36.1 Å². The van der Waals surface area contributed by atoms with Crippen molar-refractivity contribution in [2.75, 3.05) is 6.61 Å². The van der Waals surface area contributed by atoms with Crippen molar-refractivity contribution in [1.29, 1.82) is 0 Å². The summed E-state index contributed by atoms with van der Waals surface area (Å²) in [6.45, 7) is 12.5. The zero-order chi connectivity index (χ0) is 32.4. The summed E-state index contributed by atoms with van der Waals surface area (Å²) in [6, 6.07) is 8.69. The van der Waals surface area contributed by atoms with Gasteiger partial charge in [-0.15, -0.1) is 0 Å². The van der Waals surface area contributed by atoms with Gasteiger partial charge in [0.2, 0.25) is 0 Å². The highest BCUT2D eigenvalue weighted by atomic mass is 16.9. The van der Waals surface area contributed by atoms with Crippen LogP contribution < -0.4 is 0 Å². The molecule has 9 heteroatoms. The Hall–Kier alpha value is -1.85. The number of rotatable bonds is 4. The van der Waals surface area contributed by atoms with Gasteiger partial charge in [0.25, 0.3) is 5.97 Å². The van der Waals surface area contributed by atoms with Crippen molar-refractivity contribution in [3.8, 4) is 0 Å². The molecule has 0 amide bonds. The number of ether oxygens (including phenoxy) is 5. The molecule has 1 aromatic rings. The van der Waals surface area contributed by atoms with Gasteiger partial charge in [-0.3, -0.25) is 0 Å². The van der Waals surface area contributed by atoms with Gasteiger partial charge in [0.05, 0.1) is 17.3 Å². The molecule has 3 aliphatic carbocycles. The minimum Gasteiger partial charge on any atom is -0.459 e. The Morgan fingerprint density at radius 2 is 1.72 bits per heavy atom. The van der Waals surface area contributed by atoms with Crippen LogP contribution in [0.1, 0.15) is 89.4 Å². The number of hydrogen-bond donors (Lipinski definition) is 3. The van der Waals surface area contributed by atoms with Crippen LogP contribution >= 0.6 is 0 Å². The molecule has 8 rings (SSSR count). The number of carbonyl (C=O) groups is 1. The highest BCUT2D eigenvalue weighted by molar-refractivity contribution is 5.89. The average Bonchev–Trinajstić information content (AvgIpc) is 3.67. The van der Waals surface area contributed by atoms with E-state index in [-0.39, 0.29) is 30.3 Å². The van der Waals surface area contributed by atoms with E-state index < -0.39 is 70.6 Å². The molecular weight excluding hydrogens is 588 g/mol. The Morgan fingerprint density at radius 3 is 2.46 bits per heavy atom. The van der Waals surface area contributed by atoms with Crippen molar-refractivity contribution in [3.63, 3.8) is 0 Å². The van der Waals surface area contributed by atoms with Crippen LogP contribution in [0.25, 0.3) is 0 Å². The summed E-state index contributed by atoms with van der Waals surface area (Å²) in [4.78, 5) is 13.2. The fraction of sp³-hybridized carbons (Fsp3) is 0.757. The smallest absolute Gasteiger partial charge is 0.338 e. The number of hydrogen-bond acceptors (Lipinski definition) is 9. The maximum Gasteiger partial charge on any atom is 0.338 e. The third-order valence-corrected chi connectivity index (χ3v) is 13.6. The molecule has 252 valence electrons. The van der Waals surface area contributed by atoms with Crippen LogP contribution in [0, 0.1) is 35.5 Å². The Labute approximate surface area is 271 Å². The molecule has 15 atom stereocenters. The third kappa shape index (κ3) is 3.85. The van der Waals surface area contributed by atoms with Gasteiger partial charge in [-0.1, -0.05) is 77.7 Å². The highest BCUT2D eigenvalue weighted by Gasteiger charge is 2.90. The van der Waals surface area contributed by atoms with E-state index in [0.29, 0.717) is 18.4 Å². The number of benzene rings is 1. The van der Waals surface area contributed by atoms with Crippen molar-refractivity contribution in [2.24, 2.45) is 35.5 Å². The van der Waals surface area contributed by atoms with Gasteiger partial charge in [-0.05, 0) is 61.1 Å². The van der Waals surface area contributed by atoms with Gasteiger partial charge in [0, 0.05) is 18.3 Å². The molecule has 9 nitrogen and oxygen atoms in total. The lowest BCUT2D eigenvalue weighted by molar-refractivity contribution is -0.437. The Kier molecular flexibility index (Phi) is 7.06. The van der Waals surface area contributed by atoms with Crippen LogP contribution in [0.3, 0.4) is 0 Å². The maximum absolute atomic E-state index is 13.2. The molecule has 1 aromatic carbocycles. The summed E-state index contributed by atoms with van der Waals surface area (Å²) in [5.41, 5.74) is -4.16. The first kappa shape index (κ1) is 31.4. The van der Waals surface area contributed by atoms with Gasteiger partial charge in [0.15, 0.2) is 5.60 Å². The zero-order valence-corrected chi connectivity index (χ0v) is 27.5. The average molecular weight is 639 g/mol. The first-order valence-corrected chi connectivity index (χ1v) is 17.6. The minimum atomic E-state index is -2.00. The Morgan fingerprint density at radius 1 is 1.00 bits per heavy atom. The van der Waals surface area contributed by atoms with Crippen molar-refractivity contribution < 1.29 is 43.8 Å². The number of carbonyl (C=O) groups excluding carboxylic acids is 1. The number of aliphatic hydroxyl groups is 3. The predicted molar refractivity (Wildman–Crippen MR) is 166 cm³/mol. The predicted octanol–water partition coefficient (Wildman–Crippen LogP) is 4.52. The fourth-order valence-electron chi connectivity index (χ4n) is 11.5. The molecule has 4 heterocycles. The second kappa shape index (κ2) is 10.3. The molecule has 7 aliphatic rings. The van der Waals surface area contributed by atoms with Crippen LogP contribution in [0.4, 0.5) is 0 Å². The largest absolute Gasteiger partial charge is 0.459 e. The SMILES string of the molecule is C=C(C)[C@]12C[C@@H](C)[C@@]34OC5(CCCCCCC[C@@H](C)[C@H]6[C@H](C)[C@H](O)[C@@](O)([C@H](O)[C@@]7(COC(=O)c8ccccc8)O[C@H]7[C@H]3[C@H]1O5)[C@@H]64)O2. The molecule has 4 aliphatic heterocycles. The molecule has 3 bridgehead atoms. The minimum absolute atomic E-state index is 0.148. The summed E-state index contributed by atoms with van der Waals surface area (Å²) in [6.07, 6.45) is 3.24. The molecule has 0 aromatic heterocycles. The Balaban J connectivity index is 1.31. The van der Waals surface area contributed by atoms with Gasteiger partial charge < -0.3 is 39.0 Å². The monoisotopic (exact) mass is 638 g/mol. The number of esters is 1. The number of epoxide rings is 1. The van der Waals surface area contributed by atoms with Crippen molar-refractivity contribution in [2.45, 2.75) is 132 Å². The fourth-order valence-corrected chi connectivity index (χ4v) is 11.5. The number of aliphatic hydroxyl groups excluding tert-OH is 2. The van der Waals surface area contributed by atoms with Gasteiger partial charge >= 0.3 is 5.97 Å². The van der Waals surface area contributed by atoms with E-state index in [4.69, 9.17) is 23.7 Å². The molecule has 3 saturated carbocycles. The number of fused-ring (bicyclic) bond motifs is 1. The van der Waals surface area contributed by atoms with Crippen LogP contribution in [0.5, 0.6) is 0 Å². The summed E-state index contributed by atoms with van der Waals surface area (Å²) in [5.74, 6) is -3.52. The molecule has 7 fully saturated rings. The second-order valence-corrected chi connectivity index (χ2v) is 15.9. The lowest BCUT2D eigenvalue weighted by Gasteiger charge is -2.61. The van der Waals surface area contributed by atoms with Crippen LogP contribution in [-0.2, 0) is 23.7 Å². The lowest BCUT2D eigenvalue weighted by atomic mass is 9.52. The van der Waals surface area contributed by atoms with Gasteiger partial charge in [-0.25, -0.2) is 4.79 Å². The summed E-state index contributed by atoms with van der Waals surface area (Å²) < 4.78 is 33.8. The Bertz CT molecular complexity index is 1400. The van der Waals surface area contributed by atoms with Gasteiger partial charge in [-0.2, -0.15) is 0 Å². The normalized spacial score (nSPS) is 53.6. The first-order valence-electron chi connectivity index (χ1n) is 17.6. The van der Waals surface area contributed by atoms with Crippen LogP contribution in [0.2, 0.25) is 0 Å². The second-order valence-electron chi connectivity index (χ2n) is 15.9. The molecular formula is C37H50O9. The van der Waals surface area contributed by atoms with E-state index in [9.17, 15) is 20.1 Å². The lowest BCUT2D eigenvalue weighted by Crippen LogP contribution is -2.73. The van der Waals surface area contributed by atoms with E-state index in [0.717, 1.165) is 44.1 Å². The van der Waals surface area contributed by atoms with Crippen molar-refractivity contribution in [1.82, 2.24) is 0 Å². The van der Waals surface area contributed by atoms with E-state index in [1.165, 1.54) is 0 Å².